The summed E-state index contributed by atoms with van der Waals surface area (Å²) in [6.07, 6.45) is 1.93. The number of imidazole rings is 1. The van der Waals surface area contributed by atoms with Crippen molar-refractivity contribution in [2.75, 3.05) is 6.61 Å². The highest BCUT2D eigenvalue weighted by Crippen LogP contribution is 2.19. The number of ether oxygens (including phenoxy) is 1. The van der Waals surface area contributed by atoms with Crippen LogP contribution in [0.25, 0.3) is 4.96 Å². The predicted octanol–water partition coefficient (Wildman–Crippen LogP) is 1.66. The van der Waals surface area contributed by atoms with Crippen LogP contribution in [0.1, 0.15) is 12.6 Å². The van der Waals surface area contributed by atoms with Gasteiger partial charge in [0.25, 0.3) is 0 Å². The predicted molar refractivity (Wildman–Crippen MR) is 58.9 cm³/mol. The average Bonchev–Trinajstić information content (AvgIpc) is 2.60. The molecule has 7 heteroatoms. The van der Waals surface area contributed by atoms with E-state index in [2.05, 4.69) is 26.0 Å². The number of halogens is 1. The van der Waals surface area contributed by atoms with E-state index >= 15 is 0 Å². The highest BCUT2D eigenvalue weighted by Gasteiger charge is 2.10. The first-order valence-electron chi connectivity index (χ1n) is 4.35. The van der Waals surface area contributed by atoms with Gasteiger partial charge < -0.3 is 4.74 Å². The van der Waals surface area contributed by atoms with Crippen LogP contribution in [0.3, 0.4) is 0 Å². The van der Waals surface area contributed by atoms with Gasteiger partial charge in [0, 0.05) is 0 Å². The van der Waals surface area contributed by atoms with Crippen molar-refractivity contribution in [3.8, 4) is 0 Å². The van der Waals surface area contributed by atoms with Crippen LogP contribution >= 0.6 is 27.3 Å². The van der Waals surface area contributed by atoms with Gasteiger partial charge in [-0.1, -0.05) is 11.3 Å². The summed E-state index contributed by atoms with van der Waals surface area (Å²) < 4.78 is 7.24. The second kappa shape index (κ2) is 4.28. The quantitative estimate of drug-likeness (QED) is 0.807. The second-order valence-electron chi connectivity index (χ2n) is 2.80. The van der Waals surface area contributed by atoms with Crippen molar-refractivity contribution < 1.29 is 9.53 Å². The summed E-state index contributed by atoms with van der Waals surface area (Å²) in [4.78, 5) is 16.2. The maximum absolute atomic E-state index is 11.2. The lowest BCUT2D eigenvalue weighted by Crippen LogP contribution is -2.07. The normalized spacial score (nSPS) is 10.8. The van der Waals surface area contributed by atoms with E-state index in [1.807, 2.05) is 0 Å². The van der Waals surface area contributed by atoms with Crippen molar-refractivity contribution >= 4 is 38.2 Å². The number of hydrogen-bond donors (Lipinski definition) is 0. The lowest BCUT2D eigenvalue weighted by molar-refractivity contribution is -0.142. The number of rotatable bonds is 3. The van der Waals surface area contributed by atoms with E-state index in [-0.39, 0.29) is 12.4 Å². The molecule has 0 fully saturated rings. The summed E-state index contributed by atoms with van der Waals surface area (Å²) >= 11 is 4.68. The van der Waals surface area contributed by atoms with Gasteiger partial charge in [-0.25, -0.2) is 9.50 Å². The van der Waals surface area contributed by atoms with Gasteiger partial charge >= 0.3 is 5.97 Å². The average molecular weight is 290 g/mol. The molecule has 2 aromatic rings. The number of carbonyl (C=O) groups is 1. The molecule has 0 radical (unpaired) electrons. The molecule has 0 atom stereocenters. The third-order valence-corrected chi connectivity index (χ3v) is 3.05. The fourth-order valence-electron chi connectivity index (χ4n) is 1.17. The molecule has 0 bridgehead atoms. The van der Waals surface area contributed by atoms with Gasteiger partial charge in [-0.3, -0.25) is 4.79 Å². The second-order valence-corrected chi connectivity index (χ2v) is 5.03. The zero-order valence-corrected chi connectivity index (χ0v) is 10.3. The van der Waals surface area contributed by atoms with E-state index in [0.717, 1.165) is 8.88 Å². The Balaban J connectivity index is 2.15. The van der Waals surface area contributed by atoms with Crippen LogP contribution in [0.2, 0.25) is 0 Å². The Morgan fingerprint density at radius 2 is 2.53 bits per heavy atom. The largest absolute Gasteiger partial charge is 0.466 e. The van der Waals surface area contributed by atoms with E-state index in [9.17, 15) is 4.79 Å². The van der Waals surface area contributed by atoms with E-state index in [1.165, 1.54) is 11.3 Å². The van der Waals surface area contributed by atoms with E-state index in [1.54, 1.807) is 17.6 Å². The van der Waals surface area contributed by atoms with Crippen LogP contribution < -0.4 is 0 Å². The third-order valence-electron chi connectivity index (χ3n) is 1.70. The molecule has 0 aliphatic rings. The molecule has 2 aromatic heterocycles. The molecule has 0 saturated heterocycles. The van der Waals surface area contributed by atoms with Crippen molar-refractivity contribution in [2.24, 2.45) is 0 Å². The van der Waals surface area contributed by atoms with Crippen molar-refractivity contribution in [1.82, 2.24) is 14.6 Å². The molecule has 0 spiro atoms. The van der Waals surface area contributed by atoms with Gasteiger partial charge in [0.2, 0.25) is 4.96 Å². The first-order valence-corrected chi connectivity index (χ1v) is 5.96. The minimum Gasteiger partial charge on any atom is -0.466 e. The highest BCUT2D eigenvalue weighted by molar-refractivity contribution is 9.11. The van der Waals surface area contributed by atoms with Crippen molar-refractivity contribution in [1.29, 1.82) is 0 Å². The van der Waals surface area contributed by atoms with Gasteiger partial charge in [-0.2, -0.15) is 0 Å². The van der Waals surface area contributed by atoms with Crippen LogP contribution in [0.4, 0.5) is 0 Å². The lowest BCUT2D eigenvalue weighted by atomic mass is 10.3. The Morgan fingerprint density at radius 3 is 3.20 bits per heavy atom. The molecular weight excluding hydrogens is 282 g/mol. The molecule has 0 aliphatic heterocycles. The van der Waals surface area contributed by atoms with Gasteiger partial charge in [-0.05, 0) is 22.9 Å². The van der Waals surface area contributed by atoms with E-state index < -0.39 is 0 Å². The van der Waals surface area contributed by atoms with Gasteiger partial charge in [-0.15, -0.1) is 5.10 Å². The fraction of sp³-hybridized carbons (Fsp3) is 0.375. The van der Waals surface area contributed by atoms with Crippen LogP contribution in [0.5, 0.6) is 0 Å². The van der Waals surface area contributed by atoms with E-state index in [4.69, 9.17) is 4.74 Å². The monoisotopic (exact) mass is 289 g/mol. The SMILES string of the molecule is CCOC(=O)Cc1cn2nc(Br)sc2n1. The Kier molecular flexibility index (Phi) is 3.01. The summed E-state index contributed by atoms with van der Waals surface area (Å²) in [6, 6.07) is 0. The maximum Gasteiger partial charge on any atom is 0.311 e. The summed E-state index contributed by atoms with van der Waals surface area (Å²) in [5.41, 5.74) is 0.680. The summed E-state index contributed by atoms with van der Waals surface area (Å²) in [5.74, 6) is -0.262. The van der Waals surface area contributed by atoms with Crippen LogP contribution in [0.15, 0.2) is 10.1 Å². The Labute approximate surface area is 98.2 Å². The summed E-state index contributed by atoms with van der Waals surface area (Å²) in [5, 5.41) is 4.12. The Morgan fingerprint density at radius 1 is 1.73 bits per heavy atom. The Bertz CT molecular complexity index is 461. The maximum atomic E-state index is 11.2. The van der Waals surface area contributed by atoms with Gasteiger partial charge in [0.15, 0.2) is 3.92 Å². The molecule has 5 nitrogen and oxygen atoms in total. The van der Waals surface area contributed by atoms with Gasteiger partial charge in [0.1, 0.15) is 0 Å². The van der Waals surface area contributed by atoms with E-state index in [0.29, 0.717) is 12.3 Å². The summed E-state index contributed by atoms with van der Waals surface area (Å²) in [7, 11) is 0. The molecule has 15 heavy (non-hydrogen) atoms. The van der Waals surface area contributed by atoms with Crippen LogP contribution in [-0.4, -0.2) is 27.2 Å². The smallest absolute Gasteiger partial charge is 0.311 e. The van der Waals surface area contributed by atoms with Crippen LogP contribution in [-0.2, 0) is 16.0 Å². The van der Waals surface area contributed by atoms with Crippen molar-refractivity contribution in [3.63, 3.8) is 0 Å². The number of nitrogens with zero attached hydrogens (tertiary/aromatic N) is 3. The molecule has 2 rings (SSSR count). The molecular formula is C8H8BrN3O2S. The zero-order valence-electron chi connectivity index (χ0n) is 7.94. The standard InChI is InChI=1S/C8H8BrN3O2S/c1-2-14-6(13)3-5-4-12-8(10-5)15-7(9)11-12/h4H,2-3H2,1H3. The molecule has 0 N–H and O–H groups in total. The molecule has 0 saturated carbocycles. The van der Waals surface area contributed by atoms with Crippen molar-refractivity contribution in [2.45, 2.75) is 13.3 Å². The fourth-order valence-corrected chi connectivity index (χ4v) is 2.40. The van der Waals surface area contributed by atoms with Crippen molar-refractivity contribution in [3.05, 3.63) is 15.8 Å². The third kappa shape index (κ3) is 2.35. The molecule has 0 aromatic carbocycles. The first kappa shape index (κ1) is 10.6. The molecule has 2 heterocycles. The number of aromatic nitrogens is 3. The summed E-state index contributed by atoms with van der Waals surface area (Å²) in [6.45, 7) is 2.17. The zero-order chi connectivity index (χ0) is 10.8. The molecule has 0 aliphatic carbocycles. The van der Waals surface area contributed by atoms with Crippen LogP contribution in [0, 0.1) is 0 Å². The number of carbonyl (C=O) groups excluding carboxylic acids is 1. The number of fused-ring (bicyclic) bond motifs is 1. The lowest BCUT2D eigenvalue weighted by Gasteiger charge is -1.97. The number of hydrogen-bond acceptors (Lipinski definition) is 5. The minimum atomic E-state index is -0.262. The van der Waals surface area contributed by atoms with Gasteiger partial charge in [0.05, 0.1) is 24.9 Å². The first-order chi connectivity index (χ1) is 7.19. The topological polar surface area (TPSA) is 56.5 Å². The highest BCUT2D eigenvalue weighted by atomic mass is 79.9. The Hall–Kier alpha value is -0.950. The molecule has 80 valence electrons. The minimum absolute atomic E-state index is 0.196. The number of esters is 1. The molecule has 0 unspecified atom stereocenters. The molecule has 0 amide bonds.